The number of aryl methyl sites for hydroxylation is 3. The van der Waals surface area contributed by atoms with Crippen LogP contribution in [0.15, 0.2) is 17.2 Å². The highest BCUT2D eigenvalue weighted by Crippen LogP contribution is 2.31. The summed E-state index contributed by atoms with van der Waals surface area (Å²) in [7, 11) is -1.81. The first kappa shape index (κ1) is 13.6. The maximum absolute atomic E-state index is 12.3. The van der Waals surface area contributed by atoms with E-state index in [1.807, 2.05) is 0 Å². The Hall–Kier alpha value is -1.38. The second-order valence-electron chi connectivity index (χ2n) is 4.83. The third-order valence-electron chi connectivity index (χ3n) is 3.42. The van der Waals surface area contributed by atoms with Crippen LogP contribution in [-0.4, -0.2) is 18.0 Å². The van der Waals surface area contributed by atoms with Crippen molar-refractivity contribution in [3.63, 3.8) is 0 Å². The number of aromatic nitrogens is 2. The van der Waals surface area contributed by atoms with Gasteiger partial charge in [0.25, 0.3) is 10.0 Å². The molecule has 8 heteroatoms. The average molecular weight is 312 g/mol. The van der Waals surface area contributed by atoms with Crippen molar-refractivity contribution in [2.45, 2.75) is 30.7 Å². The van der Waals surface area contributed by atoms with Crippen LogP contribution < -0.4 is 10.5 Å². The molecular formula is C12H16N4O2S2. The zero-order valence-electron chi connectivity index (χ0n) is 11.1. The van der Waals surface area contributed by atoms with Gasteiger partial charge >= 0.3 is 0 Å². The Bertz CT molecular complexity index is 724. The molecule has 0 spiro atoms. The SMILES string of the molecule is Cn1cc(S(=O)(=O)Nc2nc3c(s2)CCC3)cc1CN. The van der Waals surface area contributed by atoms with Gasteiger partial charge in [0.05, 0.1) is 5.69 Å². The number of rotatable bonds is 4. The Morgan fingerprint density at radius 1 is 1.50 bits per heavy atom. The minimum atomic E-state index is -3.59. The van der Waals surface area contributed by atoms with Crippen molar-refractivity contribution in [1.82, 2.24) is 9.55 Å². The zero-order valence-corrected chi connectivity index (χ0v) is 12.7. The molecule has 0 saturated carbocycles. The van der Waals surface area contributed by atoms with Crippen LogP contribution in [0.1, 0.15) is 22.7 Å². The number of fused-ring (bicyclic) bond motifs is 1. The number of nitrogens with zero attached hydrogens (tertiary/aromatic N) is 2. The molecule has 6 nitrogen and oxygen atoms in total. The summed E-state index contributed by atoms with van der Waals surface area (Å²) >= 11 is 1.43. The van der Waals surface area contributed by atoms with Gasteiger partial charge in [0, 0.05) is 30.4 Å². The topological polar surface area (TPSA) is 90.0 Å². The van der Waals surface area contributed by atoms with Gasteiger partial charge in [-0.3, -0.25) is 4.72 Å². The van der Waals surface area contributed by atoms with Crippen LogP contribution in [0.5, 0.6) is 0 Å². The average Bonchev–Trinajstić information content (AvgIpc) is 3.02. The third kappa shape index (κ3) is 2.34. The van der Waals surface area contributed by atoms with Gasteiger partial charge in [-0.1, -0.05) is 0 Å². The highest BCUT2D eigenvalue weighted by molar-refractivity contribution is 7.93. The summed E-state index contributed by atoms with van der Waals surface area (Å²) < 4.78 is 28.9. The Kier molecular flexibility index (Phi) is 3.31. The zero-order chi connectivity index (χ0) is 14.3. The van der Waals surface area contributed by atoms with Crippen LogP contribution in [0.2, 0.25) is 0 Å². The molecular weight excluding hydrogens is 296 g/mol. The fourth-order valence-electron chi connectivity index (χ4n) is 2.33. The van der Waals surface area contributed by atoms with E-state index in [1.54, 1.807) is 23.9 Å². The van der Waals surface area contributed by atoms with Crippen molar-refractivity contribution in [1.29, 1.82) is 0 Å². The molecule has 108 valence electrons. The molecule has 0 amide bonds. The number of nitrogens with two attached hydrogens (primary N) is 1. The molecule has 3 N–H and O–H groups in total. The molecule has 0 fully saturated rings. The molecule has 0 unspecified atom stereocenters. The molecule has 1 aliphatic rings. The smallest absolute Gasteiger partial charge is 0.265 e. The minimum absolute atomic E-state index is 0.218. The summed E-state index contributed by atoms with van der Waals surface area (Å²) in [5.41, 5.74) is 7.36. The Morgan fingerprint density at radius 2 is 2.30 bits per heavy atom. The van der Waals surface area contributed by atoms with E-state index < -0.39 is 10.0 Å². The van der Waals surface area contributed by atoms with Crippen LogP contribution in [-0.2, 0) is 36.5 Å². The monoisotopic (exact) mass is 312 g/mol. The summed E-state index contributed by atoms with van der Waals surface area (Å²) in [4.78, 5) is 5.76. The first-order valence-corrected chi connectivity index (χ1v) is 8.66. The molecule has 20 heavy (non-hydrogen) atoms. The van der Waals surface area contributed by atoms with Gasteiger partial charge in [0.2, 0.25) is 0 Å². The Balaban J connectivity index is 1.87. The summed E-state index contributed by atoms with van der Waals surface area (Å²) in [6.45, 7) is 0.303. The molecule has 2 aromatic heterocycles. The predicted molar refractivity (Wildman–Crippen MR) is 78.3 cm³/mol. The summed E-state index contributed by atoms with van der Waals surface area (Å²) in [5, 5.41) is 0.452. The number of hydrogen-bond donors (Lipinski definition) is 2. The second-order valence-corrected chi connectivity index (χ2v) is 7.60. The quantitative estimate of drug-likeness (QED) is 0.888. The van der Waals surface area contributed by atoms with Gasteiger partial charge in [0.15, 0.2) is 5.13 Å². The van der Waals surface area contributed by atoms with Crippen molar-refractivity contribution < 1.29 is 8.42 Å². The van der Waals surface area contributed by atoms with Crippen LogP contribution >= 0.6 is 11.3 Å². The van der Waals surface area contributed by atoms with Gasteiger partial charge in [-0.2, -0.15) is 0 Å². The Morgan fingerprint density at radius 3 is 2.95 bits per heavy atom. The first-order chi connectivity index (χ1) is 9.49. The van der Waals surface area contributed by atoms with E-state index in [9.17, 15) is 8.42 Å². The van der Waals surface area contributed by atoms with Crippen LogP contribution in [0.25, 0.3) is 0 Å². The van der Waals surface area contributed by atoms with Crippen molar-refractivity contribution in [3.05, 3.63) is 28.5 Å². The molecule has 2 aromatic rings. The van der Waals surface area contributed by atoms with Crippen molar-refractivity contribution in [2.24, 2.45) is 12.8 Å². The maximum Gasteiger partial charge on any atom is 0.265 e. The van der Waals surface area contributed by atoms with E-state index in [4.69, 9.17) is 5.73 Å². The molecule has 0 radical (unpaired) electrons. The molecule has 1 aliphatic carbocycles. The van der Waals surface area contributed by atoms with Crippen LogP contribution in [0, 0.1) is 0 Å². The Labute approximate surface area is 121 Å². The van der Waals surface area contributed by atoms with E-state index in [1.165, 1.54) is 16.2 Å². The summed E-state index contributed by atoms with van der Waals surface area (Å²) in [5.74, 6) is 0. The molecule has 0 bridgehead atoms. The fourth-order valence-corrected chi connectivity index (χ4v) is 4.71. The second kappa shape index (κ2) is 4.87. The molecule has 2 heterocycles. The van der Waals surface area contributed by atoms with Crippen molar-refractivity contribution in [3.8, 4) is 0 Å². The van der Waals surface area contributed by atoms with E-state index in [2.05, 4.69) is 9.71 Å². The van der Waals surface area contributed by atoms with Gasteiger partial charge in [-0.15, -0.1) is 11.3 Å². The fraction of sp³-hybridized carbons (Fsp3) is 0.417. The van der Waals surface area contributed by atoms with E-state index >= 15 is 0 Å². The molecule has 0 saturated heterocycles. The van der Waals surface area contributed by atoms with E-state index in [-0.39, 0.29) is 4.90 Å². The normalized spacial score (nSPS) is 14.5. The maximum atomic E-state index is 12.3. The summed E-state index contributed by atoms with van der Waals surface area (Å²) in [6.07, 6.45) is 4.61. The number of anilines is 1. The minimum Gasteiger partial charge on any atom is -0.352 e. The lowest BCUT2D eigenvalue weighted by atomic mass is 10.4. The highest BCUT2D eigenvalue weighted by atomic mass is 32.2. The highest BCUT2D eigenvalue weighted by Gasteiger charge is 2.22. The van der Waals surface area contributed by atoms with Gasteiger partial charge in [-0.05, 0) is 25.3 Å². The van der Waals surface area contributed by atoms with Gasteiger partial charge in [-0.25, -0.2) is 13.4 Å². The molecule has 0 aliphatic heterocycles. The molecule has 3 rings (SSSR count). The summed E-state index contributed by atoms with van der Waals surface area (Å²) in [6, 6.07) is 1.59. The lowest BCUT2D eigenvalue weighted by Gasteiger charge is -2.02. The largest absolute Gasteiger partial charge is 0.352 e. The number of hydrogen-bond acceptors (Lipinski definition) is 5. The van der Waals surface area contributed by atoms with Gasteiger partial charge in [0.1, 0.15) is 4.90 Å². The van der Waals surface area contributed by atoms with Crippen molar-refractivity contribution >= 4 is 26.5 Å². The van der Waals surface area contributed by atoms with Crippen molar-refractivity contribution in [2.75, 3.05) is 4.72 Å². The standard InChI is InChI=1S/C12H16N4O2S2/c1-16-7-9(5-8(16)6-13)20(17,18)15-12-14-10-3-2-4-11(10)19-12/h5,7H,2-4,6,13H2,1H3,(H,14,15). The molecule has 0 atom stereocenters. The number of sulfonamides is 1. The number of nitrogens with one attached hydrogen (secondary N) is 1. The number of thiazole rings is 1. The predicted octanol–water partition coefficient (Wildman–Crippen LogP) is 1.23. The molecule has 0 aromatic carbocycles. The van der Waals surface area contributed by atoms with Crippen LogP contribution in [0.4, 0.5) is 5.13 Å². The lowest BCUT2D eigenvalue weighted by Crippen LogP contribution is -2.12. The van der Waals surface area contributed by atoms with Gasteiger partial charge < -0.3 is 10.3 Å². The van der Waals surface area contributed by atoms with E-state index in [0.29, 0.717) is 11.7 Å². The first-order valence-electron chi connectivity index (χ1n) is 6.36. The van der Waals surface area contributed by atoms with Crippen LogP contribution in [0.3, 0.4) is 0 Å². The third-order valence-corrected chi connectivity index (χ3v) is 5.93. The van der Waals surface area contributed by atoms with E-state index in [0.717, 1.165) is 30.7 Å². The lowest BCUT2D eigenvalue weighted by molar-refractivity contribution is 0.601.